The zero-order valence-electron chi connectivity index (χ0n) is 22.8. The average molecular weight is 596 g/mol. The van der Waals surface area contributed by atoms with Crippen LogP contribution in [0, 0.1) is 6.92 Å². The molecule has 0 fully saturated rings. The molecule has 0 aromatic heterocycles. The van der Waals surface area contributed by atoms with Gasteiger partial charge in [0.25, 0.3) is 0 Å². The molecular weight excluding hydrogens is 566 g/mol. The van der Waals surface area contributed by atoms with E-state index in [1.54, 1.807) is 51.2 Å². The van der Waals surface area contributed by atoms with Gasteiger partial charge in [0.05, 0.1) is 32.7 Å². The van der Waals surface area contributed by atoms with E-state index in [-0.39, 0.29) is 44.2 Å². The van der Waals surface area contributed by atoms with Crippen LogP contribution in [0.3, 0.4) is 0 Å². The fraction of sp³-hybridized carbons (Fsp3) is 0.214. The van der Waals surface area contributed by atoms with Crippen molar-refractivity contribution in [1.29, 1.82) is 0 Å². The van der Waals surface area contributed by atoms with Crippen LogP contribution in [0.5, 0.6) is 11.5 Å². The minimum Gasteiger partial charge on any atom is -0.506 e. The fourth-order valence-electron chi connectivity index (χ4n) is 4.09. The molecule has 0 aliphatic carbocycles. The highest BCUT2D eigenvalue weighted by Crippen LogP contribution is 2.43. The Bertz CT molecular complexity index is 1900. The Kier molecular flexibility index (Phi) is 8.40. The lowest BCUT2D eigenvalue weighted by Gasteiger charge is -2.11. The molecule has 0 saturated carbocycles. The minimum absolute atomic E-state index is 0.00316. The summed E-state index contributed by atoms with van der Waals surface area (Å²) in [7, 11) is -5.14. The number of nitrogens with one attached hydrogen (secondary N) is 1. The van der Waals surface area contributed by atoms with Crippen molar-refractivity contribution in [2.75, 3.05) is 23.9 Å². The third-order valence-electron chi connectivity index (χ3n) is 6.49. The van der Waals surface area contributed by atoms with Crippen LogP contribution < -0.4 is 5.32 Å². The highest BCUT2D eigenvalue weighted by atomic mass is 32.2. The Balaban J connectivity index is 1.70. The standard InChI is InChI=1S/C28H29N5O6S2/c1-5-40(36,37)19-9-7-18(8-10-19)30-33-27-20-11-14-23(28(35)21(20)12-13-22(27)29-4)31-32-24-15-17(3)26(16-25(24)34)41(38,39)6-2/h7-16,29,34-35H,5-6H2,1-4H3. The Morgan fingerprint density at radius 2 is 1.37 bits per heavy atom. The number of nitrogens with zero attached hydrogens (tertiary/aromatic N) is 4. The van der Waals surface area contributed by atoms with Gasteiger partial charge in [0.15, 0.2) is 25.4 Å². The number of aromatic hydroxyl groups is 2. The van der Waals surface area contributed by atoms with Gasteiger partial charge in [0.1, 0.15) is 22.8 Å². The molecule has 214 valence electrons. The summed E-state index contributed by atoms with van der Waals surface area (Å²) >= 11 is 0. The number of phenols is 2. The molecule has 11 nitrogen and oxygen atoms in total. The number of anilines is 1. The van der Waals surface area contributed by atoms with Gasteiger partial charge in [-0.25, -0.2) is 16.8 Å². The number of hydrogen-bond acceptors (Lipinski definition) is 11. The summed E-state index contributed by atoms with van der Waals surface area (Å²) in [4.78, 5) is 0.228. The average Bonchev–Trinajstić information content (AvgIpc) is 2.96. The monoisotopic (exact) mass is 595 g/mol. The van der Waals surface area contributed by atoms with Crippen LogP contribution >= 0.6 is 0 Å². The maximum atomic E-state index is 12.3. The van der Waals surface area contributed by atoms with Gasteiger partial charge >= 0.3 is 0 Å². The van der Waals surface area contributed by atoms with Gasteiger partial charge in [-0.15, -0.1) is 15.3 Å². The SMILES string of the molecule is CCS(=O)(=O)c1ccc(N=Nc2c(NC)ccc3c(O)c(N=Nc4cc(C)c(S(=O)(=O)CC)cc4O)ccc23)cc1. The van der Waals surface area contributed by atoms with Crippen LogP contribution in [-0.2, 0) is 19.7 Å². The van der Waals surface area contributed by atoms with E-state index >= 15 is 0 Å². The van der Waals surface area contributed by atoms with Crippen molar-refractivity contribution in [2.45, 2.75) is 30.6 Å². The minimum atomic E-state index is -3.53. The molecule has 4 aromatic carbocycles. The first-order chi connectivity index (χ1) is 19.4. The number of phenolic OH excluding ortho intramolecular Hbond substituents is 2. The quantitative estimate of drug-likeness (QED) is 0.175. The number of azo groups is 2. The maximum Gasteiger partial charge on any atom is 0.178 e. The summed E-state index contributed by atoms with van der Waals surface area (Å²) in [6.45, 7) is 4.70. The molecule has 0 radical (unpaired) electrons. The van der Waals surface area contributed by atoms with E-state index < -0.39 is 19.7 Å². The fourth-order valence-corrected chi connectivity index (χ4v) is 6.12. The molecule has 0 amide bonds. The predicted molar refractivity (Wildman–Crippen MR) is 158 cm³/mol. The first-order valence-electron chi connectivity index (χ1n) is 12.6. The summed E-state index contributed by atoms with van der Waals surface area (Å²) in [5.41, 5.74) is 2.11. The number of fused-ring (bicyclic) bond motifs is 1. The lowest BCUT2D eigenvalue weighted by molar-refractivity contribution is 0.473. The van der Waals surface area contributed by atoms with Crippen molar-refractivity contribution in [1.82, 2.24) is 0 Å². The van der Waals surface area contributed by atoms with Crippen LogP contribution in [0.4, 0.5) is 28.4 Å². The van der Waals surface area contributed by atoms with Gasteiger partial charge in [0.2, 0.25) is 0 Å². The zero-order valence-corrected chi connectivity index (χ0v) is 24.5. The Morgan fingerprint density at radius 1 is 0.732 bits per heavy atom. The summed E-state index contributed by atoms with van der Waals surface area (Å²) in [5.74, 6) is -0.642. The third-order valence-corrected chi connectivity index (χ3v) is 10.1. The molecule has 0 aliphatic heterocycles. The second-order valence-electron chi connectivity index (χ2n) is 9.05. The van der Waals surface area contributed by atoms with Crippen molar-refractivity contribution in [3.63, 3.8) is 0 Å². The number of benzene rings is 4. The number of hydrogen-bond donors (Lipinski definition) is 3. The van der Waals surface area contributed by atoms with Gasteiger partial charge in [0, 0.05) is 23.9 Å². The van der Waals surface area contributed by atoms with Crippen molar-refractivity contribution in [3.8, 4) is 11.5 Å². The van der Waals surface area contributed by atoms with Gasteiger partial charge in [-0.2, -0.15) is 5.11 Å². The molecule has 0 saturated heterocycles. The molecule has 4 rings (SSSR count). The van der Waals surface area contributed by atoms with Crippen molar-refractivity contribution < 1.29 is 27.0 Å². The van der Waals surface area contributed by atoms with Gasteiger partial charge in [-0.1, -0.05) is 13.8 Å². The second kappa shape index (κ2) is 11.6. The van der Waals surface area contributed by atoms with Crippen LogP contribution in [0.25, 0.3) is 10.8 Å². The molecule has 0 atom stereocenters. The molecule has 0 aliphatic rings. The van der Waals surface area contributed by atoms with Crippen LogP contribution in [0.1, 0.15) is 19.4 Å². The number of aryl methyl sites for hydroxylation is 1. The number of rotatable bonds is 9. The van der Waals surface area contributed by atoms with E-state index in [4.69, 9.17) is 0 Å². The smallest absolute Gasteiger partial charge is 0.178 e. The summed E-state index contributed by atoms with van der Waals surface area (Å²) in [6, 6.07) is 15.3. The van der Waals surface area contributed by atoms with Crippen molar-refractivity contribution >= 4 is 58.9 Å². The van der Waals surface area contributed by atoms with E-state index in [0.29, 0.717) is 33.4 Å². The van der Waals surface area contributed by atoms with E-state index in [9.17, 15) is 27.0 Å². The predicted octanol–water partition coefficient (Wildman–Crippen LogP) is 7.02. The molecule has 3 N–H and O–H groups in total. The highest BCUT2D eigenvalue weighted by molar-refractivity contribution is 7.91. The van der Waals surface area contributed by atoms with Crippen LogP contribution in [-0.4, -0.2) is 45.6 Å². The molecule has 13 heteroatoms. The zero-order chi connectivity index (χ0) is 29.9. The van der Waals surface area contributed by atoms with Gasteiger partial charge < -0.3 is 15.5 Å². The molecule has 0 heterocycles. The van der Waals surface area contributed by atoms with Gasteiger partial charge in [-0.05, 0) is 67.1 Å². The van der Waals surface area contributed by atoms with E-state index in [0.717, 1.165) is 6.07 Å². The van der Waals surface area contributed by atoms with Crippen molar-refractivity contribution in [3.05, 3.63) is 66.2 Å². The Labute approximate surface area is 238 Å². The van der Waals surface area contributed by atoms with E-state index in [2.05, 4.69) is 25.8 Å². The normalized spacial score (nSPS) is 12.5. The van der Waals surface area contributed by atoms with Gasteiger partial charge in [-0.3, -0.25) is 0 Å². The molecule has 0 unspecified atom stereocenters. The molecule has 4 aromatic rings. The lowest BCUT2D eigenvalue weighted by atomic mass is 10.1. The first-order valence-corrected chi connectivity index (χ1v) is 15.9. The Hall–Kier alpha value is -4.36. The highest BCUT2D eigenvalue weighted by Gasteiger charge is 2.18. The van der Waals surface area contributed by atoms with E-state index in [1.807, 2.05) is 0 Å². The largest absolute Gasteiger partial charge is 0.506 e. The summed E-state index contributed by atoms with van der Waals surface area (Å²) < 4.78 is 48.6. The lowest BCUT2D eigenvalue weighted by Crippen LogP contribution is -2.05. The third kappa shape index (κ3) is 6.05. The number of sulfone groups is 2. The molecule has 41 heavy (non-hydrogen) atoms. The molecular formula is C28H29N5O6S2. The first kappa shape index (κ1) is 29.6. The molecule has 0 spiro atoms. The van der Waals surface area contributed by atoms with Crippen LogP contribution in [0.2, 0.25) is 0 Å². The van der Waals surface area contributed by atoms with Crippen molar-refractivity contribution in [2.24, 2.45) is 20.5 Å². The topological polar surface area (TPSA) is 170 Å². The summed E-state index contributed by atoms with van der Waals surface area (Å²) in [5, 5.41) is 42.1. The molecule has 0 bridgehead atoms. The van der Waals surface area contributed by atoms with E-state index in [1.165, 1.54) is 31.2 Å². The van der Waals surface area contributed by atoms with Crippen LogP contribution in [0.15, 0.2) is 90.9 Å². The summed E-state index contributed by atoms with van der Waals surface area (Å²) in [6.07, 6.45) is 0. The Morgan fingerprint density at radius 3 is 2.00 bits per heavy atom. The maximum absolute atomic E-state index is 12.3. The second-order valence-corrected chi connectivity index (χ2v) is 13.6.